The topological polar surface area (TPSA) is 139 Å². The molecule has 1 aromatic heterocycles. The van der Waals surface area contributed by atoms with Crippen molar-refractivity contribution in [2.45, 2.75) is 44.2 Å². The molecule has 0 radical (unpaired) electrons. The molecule has 0 fully saturated rings. The first kappa shape index (κ1) is 41.6. The summed E-state index contributed by atoms with van der Waals surface area (Å²) in [7, 11) is 2.15. The summed E-state index contributed by atoms with van der Waals surface area (Å²) in [5.41, 5.74) is 17.7. The Labute approximate surface area is 272 Å². The second-order valence-corrected chi connectivity index (χ2v) is 11.1. The molecule has 0 saturated carbocycles. The van der Waals surface area contributed by atoms with Crippen molar-refractivity contribution in [3.8, 4) is 0 Å². The highest BCUT2D eigenvalue weighted by Gasteiger charge is 2.27. The fourth-order valence-corrected chi connectivity index (χ4v) is 5.61. The molecule has 232 valence electrons. The van der Waals surface area contributed by atoms with Gasteiger partial charge in [0.25, 0.3) is 5.91 Å². The van der Waals surface area contributed by atoms with E-state index in [9.17, 15) is 9.59 Å². The minimum absolute atomic E-state index is 0. The Morgan fingerprint density at radius 3 is 2.15 bits per heavy atom. The fraction of sp³-hybridized carbons (Fsp3) is 0.464. The molecule has 8 nitrogen and oxygen atoms in total. The minimum atomic E-state index is -0.584. The first-order valence-electron chi connectivity index (χ1n) is 13.1. The molecule has 3 rings (SSSR count). The molecule has 1 amide bonds. The van der Waals surface area contributed by atoms with Gasteiger partial charge in [0.1, 0.15) is 5.01 Å². The summed E-state index contributed by atoms with van der Waals surface area (Å²) in [6, 6.07) is 16.9. The maximum atomic E-state index is 13.4. The van der Waals surface area contributed by atoms with Crippen molar-refractivity contribution in [2.75, 3.05) is 39.8 Å². The largest absolute Gasteiger partial charge is 0.347 e. The Kier molecular flexibility index (Phi) is 21.5. The lowest BCUT2D eigenvalue weighted by atomic mass is 9.99. The predicted molar refractivity (Wildman–Crippen MR) is 179 cm³/mol. The molecule has 8 N–H and O–H groups in total. The molecule has 0 unspecified atom stereocenters. The number of thiazole rings is 1. The van der Waals surface area contributed by atoms with Gasteiger partial charge in [-0.3, -0.25) is 9.59 Å². The summed E-state index contributed by atoms with van der Waals surface area (Å²) in [4.78, 5) is 31.1. The molecular formula is C28H46Cl4N6O2S+2. The van der Waals surface area contributed by atoms with Gasteiger partial charge in [0.2, 0.25) is 0 Å². The lowest BCUT2D eigenvalue weighted by Crippen LogP contribution is -2.68. The normalized spacial score (nSPS) is 12.1. The van der Waals surface area contributed by atoms with E-state index in [0.29, 0.717) is 32.4 Å². The van der Waals surface area contributed by atoms with Gasteiger partial charge in [-0.1, -0.05) is 42.5 Å². The second-order valence-electron chi connectivity index (χ2n) is 10.0. The average Bonchev–Trinajstić information content (AvgIpc) is 3.29. The predicted octanol–water partition coefficient (Wildman–Crippen LogP) is 2.97. The monoisotopic (exact) mass is 670 g/mol. The van der Waals surface area contributed by atoms with Crippen molar-refractivity contribution in [1.82, 2.24) is 10.3 Å². The molecule has 2 atom stereocenters. The number of fused-ring (bicyclic) bond motifs is 1. The number of likely N-dealkylation sites (N-methyl/N-ethyl adjacent to an activating group) is 1. The molecule has 0 saturated heterocycles. The van der Waals surface area contributed by atoms with E-state index in [4.69, 9.17) is 11.5 Å². The number of rotatable bonds is 16. The van der Waals surface area contributed by atoms with Gasteiger partial charge in [-0.2, -0.15) is 0 Å². The van der Waals surface area contributed by atoms with Gasteiger partial charge >= 0.3 is 0 Å². The number of carbonyl (C=O) groups excluding carboxylic acids is 2. The number of hydrogen-bond acceptors (Lipinski definition) is 6. The molecule has 1 heterocycles. The SMILES string of the molecule is C[N+](CCN)(CCN)CCC[C@H]([NH3+])C(=O)N[C@H](CCc1ccccc1)C(=O)Cc1nc2ccccc2s1.Cl.Cl.Cl.Cl. The fourth-order valence-electron chi connectivity index (χ4n) is 4.64. The van der Waals surface area contributed by atoms with Crippen molar-refractivity contribution in [1.29, 1.82) is 0 Å². The lowest BCUT2D eigenvalue weighted by molar-refractivity contribution is -0.907. The number of Topliss-reactive ketones (excluding diaryl/α,β-unsaturated/α-hetero) is 1. The van der Waals surface area contributed by atoms with Crippen LogP contribution in [0.25, 0.3) is 10.2 Å². The van der Waals surface area contributed by atoms with Crippen LogP contribution in [0, 0.1) is 0 Å². The highest BCUT2D eigenvalue weighted by Crippen LogP contribution is 2.22. The number of halogens is 4. The van der Waals surface area contributed by atoms with E-state index >= 15 is 0 Å². The molecule has 3 aromatic rings. The third-order valence-electron chi connectivity index (χ3n) is 6.89. The summed E-state index contributed by atoms with van der Waals surface area (Å²) in [6.45, 7) is 3.80. The Morgan fingerprint density at radius 1 is 0.927 bits per heavy atom. The highest BCUT2D eigenvalue weighted by atomic mass is 35.5. The Hall–Kier alpha value is -1.53. The third-order valence-corrected chi connectivity index (χ3v) is 7.93. The number of amides is 1. The van der Waals surface area contributed by atoms with Crippen LogP contribution in [0.2, 0.25) is 0 Å². The number of carbonyl (C=O) groups is 2. The van der Waals surface area contributed by atoms with E-state index in [-0.39, 0.29) is 67.7 Å². The van der Waals surface area contributed by atoms with Gasteiger partial charge < -0.3 is 27.0 Å². The number of nitrogens with two attached hydrogens (primary N) is 2. The number of para-hydroxylation sites is 1. The van der Waals surface area contributed by atoms with Crippen LogP contribution in [0.15, 0.2) is 54.6 Å². The van der Waals surface area contributed by atoms with Gasteiger partial charge in [-0.15, -0.1) is 61.0 Å². The van der Waals surface area contributed by atoms with Crippen molar-refractivity contribution in [3.05, 3.63) is 65.2 Å². The number of hydrogen-bond donors (Lipinski definition) is 4. The molecule has 0 aliphatic heterocycles. The van der Waals surface area contributed by atoms with Crippen LogP contribution in [0.5, 0.6) is 0 Å². The number of benzene rings is 2. The molecule has 0 bridgehead atoms. The Bertz CT molecular complexity index is 1120. The summed E-state index contributed by atoms with van der Waals surface area (Å²) in [5, 5.41) is 3.79. The second kappa shape index (κ2) is 21.2. The number of ketones is 1. The number of nitrogens with one attached hydrogen (secondary N) is 1. The molecule has 0 spiro atoms. The van der Waals surface area contributed by atoms with E-state index in [2.05, 4.69) is 23.1 Å². The smallest absolute Gasteiger partial charge is 0.278 e. The zero-order valence-corrected chi connectivity index (χ0v) is 27.6. The van der Waals surface area contributed by atoms with Crippen LogP contribution in [0.3, 0.4) is 0 Å². The minimum Gasteiger partial charge on any atom is -0.347 e. The van der Waals surface area contributed by atoms with E-state index in [1.165, 1.54) is 11.3 Å². The van der Waals surface area contributed by atoms with Gasteiger partial charge in [-0.25, -0.2) is 4.98 Å². The van der Waals surface area contributed by atoms with Crippen LogP contribution in [0.1, 0.15) is 29.8 Å². The number of quaternary nitrogens is 2. The van der Waals surface area contributed by atoms with E-state index in [0.717, 1.165) is 51.3 Å². The quantitative estimate of drug-likeness (QED) is 0.174. The molecule has 41 heavy (non-hydrogen) atoms. The van der Waals surface area contributed by atoms with Crippen molar-refractivity contribution >= 4 is 82.9 Å². The van der Waals surface area contributed by atoms with Gasteiger partial charge in [-0.05, 0) is 30.5 Å². The first-order valence-corrected chi connectivity index (χ1v) is 13.9. The molecule has 13 heteroatoms. The summed E-state index contributed by atoms with van der Waals surface area (Å²) < 4.78 is 1.85. The number of nitrogens with zero attached hydrogens (tertiary/aromatic N) is 2. The summed E-state index contributed by atoms with van der Waals surface area (Å²) in [5.74, 6) is -0.201. The van der Waals surface area contributed by atoms with E-state index in [1.807, 2.05) is 54.6 Å². The van der Waals surface area contributed by atoms with Crippen LogP contribution < -0.4 is 22.5 Å². The van der Waals surface area contributed by atoms with E-state index in [1.54, 1.807) is 0 Å². The van der Waals surface area contributed by atoms with Crippen LogP contribution in [-0.2, 0) is 22.4 Å². The number of aromatic nitrogens is 1. The highest BCUT2D eigenvalue weighted by molar-refractivity contribution is 7.18. The van der Waals surface area contributed by atoms with E-state index < -0.39 is 12.1 Å². The average molecular weight is 673 g/mol. The number of aryl methyl sites for hydroxylation is 1. The zero-order chi connectivity index (χ0) is 26.7. The maximum Gasteiger partial charge on any atom is 0.278 e. The van der Waals surface area contributed by atoms with Crippen LogP contribution in [0.4, 0.5) is 0 Å². The Morgan fingerprint density at radius 2 is 1.54 bits per heavy atom. The van der Waals surface area contributed by atoms with Crippen LogP contribution in [-0.4, -0.2) is 73.0 Å². The lowest BCUT2D eigenvalue weighted by Gasteiger charge is -2.34. The molecular weight excluding hydrogens is 626 g/mol. The maximum absolute atomic E-state index is 13.4. The third kappa shape index (κ3) is 13.5. The zero-order valence-electron chi connectivity index (χ0n) is 23.5. The molecule has 0 aliphatic rings. The summed E-state index contributed by atoms with van der Waals surface area (Å²) >= 11 is 1.53. The first-order chi connectivity index (χ1) is 17.8. The van der Waals surface area contributed by atoms with Crippen molar-refractivity contribution < 1.29 is 19.8 Å². The molecule has 0 aliphatic carbocycles. The van der Waals surface area contributed by atoms with Crippen molar-refractivity contribution in [3.63, 3.8) is 0 Å². The summed E-state index contributed by atoms with van der Waals surface area (Å²) in [6.07, 6.45) is 2.93. The standard InChI is InChI=1S/C28H40N6O2S.4ClH/c1-34(18-15-29,19-16-30)17-7-10-22(31)28(36)33-23(14-13-21-8-3-2-4-9-21)25(35)20-27-32-24-11-5-6-12-26(24)37-27;;;;/h2-6,8-9,11-12,22-23H,7,10,13-20,29-31H2,1H3;4*1H/p+2/t22-,23+;;;;/m0..../s1. The van der Waals surface area contributed by atoms with Gasteiger partial charge in [0.05, 0.1) is 49.4 Å². The Balaban J connectivity index is 0. The molecule has 2 aromatic carbocycles. The van der Waals surface area contributed by atoms with Crippen LogP contribution >= 0.6 is 61.0 Å². The van der Waals surface area contributed by atoms with Crippen molar-refractivity contribution in [2.24, 2.45) is 11.5 Å². The van der Waals surface area contributed by atoms with Gasteiger partial charge in [0.15, 0.2) is 11.8 Å². The van der Waals surface area contributed by atoms with Gasteiger partial charge in [0, 0.05) is 25.9 Å².